The minimum absolute atomic E-state index is 0.783. The van der Waals surface area contributed by atoms with Gasteiger partial charge in [-0.2, -0.15) is 0 Å². The van der Waals surface area contributed by atoms with Crippen LogP contribution in [0.4, 0.5) is 17.1 Å². The van der Waals surface area contributed by atoms with Gasteiger partial charge in [-0.05, 0) is 6.07 Å². The van der Waals surface area contributed by atoms with Gasteiger partial charge >= 0.3 is 17.1 Å². The zero-order chi connectivity index (χ0) is 11.6. The molecule has 9 nitrogen and oxygen atoms in total. The first-order chi connectivity index (χ1) is 6.95. The zero-order valence-electron chi connectivity index (χ0n) is 6.95. The lowest BCUT2D eigenvalue weighted by Gasteiger charge is -1.94. The molecule has 0 aromatic heterocycles. The van der Waals surface area contributed by atoms with Crippen LogP contribution in [0.3, 0.4) is 0 Å². The van der Waals surface area contributed by atoms with E-state index >= 15 is 0 Å². The van der Waals surface area contributed by atoms with Crippen molar-refractivity contribution in [1.82, 2.24) is 0 Å². The van der Waals surface area contributed by atoms with E-state index in [-0.39, 0.29) is 0 Å². The third-order valence-electron chi connectivity index (χ3n) is 1.49. The van der Waals surface area contributed by atoms with Gasteiger partial charge in [-0.25, -0.2) is 0 Å². The average molecular weight is 212 g/mol. The molecule has 9 heteroatoms. The minimum atomic E-state index is -1.17. The number of hydrogen-bond acceptors (Lipinski definition) is 6. The standard InChI is InChI=1S/C6H2N3O6/c10-7(11)4-2-1-3-5(8(12)13)6(4)9(14)15/h1-2H. The second-order valence-corrected chi connectivity index (χ2v) is 2.33. The van der Waals surface area contributed by atoms with Crippen LogP contribution < -0.4 is 0 Å². The number of nitro benzene ring substituents is 3. The van der Waals surface area contributed by atoms with Crippen molar-refractivity contribution >= 4 is 17.1 Å². The van der Waals surface area contributed by atoms with E-state index in [2.05, 4.69) is 0 Å². The van der Waals surface area contributed by atoms with Gasteiger partial charge in [0.25, 0.3) is 0 Å². The molecule has 0 N–H and O–H groups in total. The van der Waals surface area contributed by atoms with Gasteiger partial charge in [-0.3, -0.25) is 30.3 Å². The van der Waals surface area contributed by atoms with Crippen LogP contribution in [-0.4, -0.2) is 14.8 Å². The summed E-state index contributed by atoms with van der Waals surface area (Å²) in [6, 6.07) is 3.64. The first-order valence-electron chi connectivity index (χ1n) is 3.43. The van der Waals surface area contributed by atoms with Crippen LogP contribution in [0.5, 0.6) is 0 Å². The highest BCUT2D eigenvalue weighted by atomic mass is 16.6. The van der Waals surface area contributed by atoms with Gasteiger partial charge in [0.1, 0.15) is 0 Å². The van der Waals surface area contributed by atoms with Crippen LogP contribution in [-0.2, 0) is 0 Å². The molecular formula is C6H2N3O6. The zero-order valence-corrected chi connectivity index (χ0v) is 6.95. The van der Waals surface area contributed by atoms with Crippen molar-refractivity contribution in [2.45, 2.75) is 0 Å². The molecule has 0 amide bonds. The fraction of sp³-hybridized carbons (Fsp3) is 0. The van der Waals surface area contributed by atoms with Gasteiger partial charge in [0.2, 0.25) is 0 Å². The second kappa shape index (κ2) is 3.65. The van der Waals surface area contributed by atoms with E-state index in [1.807, 2.05) is 6.07 Å². The highest BCUT2D eigenvalue weighted by Gasteiger charge is 2.35. The summed E-state index contributed by atoms with van der Waals surface area (Å²) >= 11 is 0. The first kappa shape index (κ1) is 10.5. The van der Waals surface area contributed by atoms with Crippen molar-refractivity contribution in [1.29, 1.82) is 0 Å². The van der Waals surface area contributed by atoms with Crippen LogP contribution in [0, 0.1) is 36.4 Å². The molecule has 0 saturated carbocycles. The predicted octanol–water partition coefficient (Wildman–Crippen LogP) is 1.21. The van der Waals surface area contributed by atoms with E-state index in [1.54, 1.807) is 0 Å². The normalized spacial score (nSPS) is 9.60. The van der Waals surface area contributed by atoms with Crippen LogP contribution in [0.1, 0.15) is 0 Å². The monoisotopic (exact) mass is 212 g/mol. The lowest BCUT2D eigenvalue weighted by atomic mass is 10.2. The highest BCUT2D eigenvalue weighted by Crippen LogP contribution is 2.34. The first-order valence-corrected chi connectivity index (χ1v) is 3.43. The molecule has 0 aliphatic rings. The van der Waals surface area contributed by atoms with E-state index in [0.717, 1.165) is 12.1 Å². The smallest absolute Gasteiger partial charge is 0.258 e. The fourth-order valence-corrected chi connectivity index (χ4v) is 0.935. The van der Waals surface area contributed by atoms with Gasteiger partial charge in [0, 0.05) is 6.07 Å². The van der Waals surface area contributed by atoms with Crippen molar-refractivity contribution in [2.75, 3.05) is 0 Å². The van der Waals surface area contributed by atoms with Crippen LogP contribution in [0.25, 0.3) is 0 Å². The van der Waals surface area contributed by atoms with Crippen LogP contribution in [0.15, 0.2) is 12.1 Å². The van der Waals surface area contributed by atoms with Gasteiger partial charge in [-0.15, -0.1) is 0 Å². The number of nitrogens with zero attached hydrogens (tertiary/aromatic N) is 3. The Balaban J connectivity index is 3.56. The third kappa shape index (κ3) is 1.85. The van der Waals surface area contributed by atoms with E-state index in [4.69, 9.17) is 0 Å². The molecule has 77 valence electrons. The molecule has 0 unspecified atom stereocenters. The second-order valence-electron chi connectivity index (χ2n) is 2.33. The fourth-order valence-electron chi connectivity index (χ4n) is 0.935. The highest BCUT2D eigenvalue weighted by molar-refractivity contribution is 5.64. The third-order valence-corrected chi connectivity index (χ3v) is 1.49. The Hall–Kier alpha value is -2.58. The van der Waals surface area contributed by atoms with Crippen LogP contribution in [0.2, 0.25) is 0 Å². The van der Waals surface area contributed by atoms with Gasteiger partial charge in [0.15, 0.2) is 0 Å². The Morgan fingerprint density at radius 3 is 2.00 bits per heavy atom. The molecule has 0 atom stereocenters. The lowest BCUT2D eigenvalue weighted by Crippen LogP contribution is -2.01. The molecule has 0 bridgehead atoms. The summed E-state index contributed by atoms with van der Waals surface area (Å²) in [5.74, 6) is 0. The van der Waals surface area contributed by atoms with E-state index < -0.39 is 31.8 Å². The van der Waals surface area contributed by atoms with Crippen molar-refractivity contribution in [3.05, 3.63) is 48.5 Å². The Morgan fingerprint density at radius 1 is 1.00 bits per heavy atom. The summed E-state index contributed by atoms with van der Waals surface area (Å²) in [4.78, 5) is 27.8. The Morgan fingerprint density at radius 2 is 1.60 bits per heavy atom. The Labute approximate surface area is 81.4 Å². The summed E-state index contributed by atoms with van der Waals surface area (Å²) in [7, 11) is 0. The summed E-state index contributed by atoms with van der Waals surface area (Å²) in [5.41, 5.74) is -3.10. The van der Waals surface area contributed by atoms with Crippen molar-refractivity contribution in [3.63, 3.8) is 0 Å². The number of nitro groups is 3. The van der Waals surface area contributed by atoms with E-state index in [0.29, 0.717) is 0 Å². The van der Waals surface area contributed by atoms with E-state index in [1.165, 1.54) is 0 Å². The molecular weight excluding hydrogens is 210 g/mol. The van der Waals surface area contributed by atoms with Crippen LogP contribution >= 0.6 is 0 Å². The SMILES string of the molecule is O=[N+]([O-])c1[c]ccc([N+](=O)[O-])c1[N+](=O)[O-]. The molecule has 0 spiro atoms. The van der Waals surface area contributed by atoms with Gasteiger partial charge in [-0.1, -0.05) is 0 Å². The minimum Gasteiger partial charge on any atom is -0.258 e. The molecule has 1 aromatic rings. The summed E-state index contributed by atoms with van der Waals surface area (Å²) < 4.78 is 0. The molecule has 0 fully saturated rings. The van der Waals surface area contributed by atoms with Crippen molar-refractivity contribution in [2.24, 2.45) is 0 Å². The van der Waals surface area contributed by atoms with Crippen molar-refractivity contribution < 1.29 is 14.8 Å². The summed E-state index contributed by atoms with van der Waals surface area (Å²) in [5, 5.41) is 31.1. The molecule has 1 rings (SSSR count). The maximum atomic E-state index is 10.4. The Kier molecular flexibility index (Phi) is 2.56. The topological polar surface area (TPSA) is 129 Å². The van der Waals surface area contributed by atoms with Gasteiger partial charge < -0.3 is 0 Å². The molecule has 0 aliphatic heterocycles. The number of hydrogen-bond donors (Lipinski definition) is 0. The van der Waals surface area contributed by atoms with Gasteiger partial charge in [0.05, 0.1) is 20.8 Å². The molecule has 0 aliphatic carbocycles. The lowest BCUT2D eigenvalue weighted by molar-refractivity contribution is -0.441. The summed E-state index contributed by atoms with van der Waals surface area (Å²) in [6.07, 6.45) is 0. The van der Waals surface area contributed by atoms with E-state index in [9.17, 15) is 30.3 Å². The Bertz CT molecular complexity index is 424. The average Bonchev–Trinajstić information content (AvgIpc) is 2.16. The molecule has 1 radical (unpaired) electrons. The quantitative estimate of drug-likeness (QED) is 0.546. The predicted molar refractivity (Wildman–Crippen MR) is 45.2 cm³/mol. The maximum Gasteiger partial charge on any atom is 0.422 e. The molecule has 15 heavy (non-hydrogen) atoms. The number of benzene rings is 1. The van der Waals surface area contributed by atoms with Crippen molar-refractivity contribution in [3.8, 4) is 0 Å². The molecule has 0 heterocycles. The largest absolute Gasteiger partial charge is 0.422 e. The molecule has 0 saturated heterocycles. The number of rotatable bonds is 3. The maximum absolute atomic E-state index is 10.4. The summed E-state index contributed by atoms with van der Waals surface area (Å²) in [6.45, 7) is 0. The molecule has 1 aromatic carbocycles.